The number of benzene rings is 1. The van der Waals surface area contributed by atoms with Crippen LogP contribution in [0.1, 0.15) is 24.3 Å². The van der Waals surface area contributed by atoms with Crippen LogP contribution in [-0.4, -0.2) is 74.4 Å². The van der Waals surface area contributed by atoms with Crippen molar-refractivity contribution in [2.24, 2.45) is 7.05 Å². The minimum Gasteiger partial charge on any atom is -0.352 e. The smallest absolute Gasteiger partial charge is 0.291 e. The number of imidazole rings is 1. The first-order valence-corrected chi connectivity index (χ1v) is 15.3. The fraction of sp³-hybridized carbons (Fsp3) is 0.360. The topological polar surface area (TPSA) is 151 Å². The highest BCUT2D eigenvalue weighted by Crippen LogP contribution is 2.40. The van der Waals surface area contributed by atoms with Crippen LogP contribution in [0.3, 0.4) is 0 Å². The van der Waals surface area contributed by atoms with Crippen LogP contribution >= 0.6 is 11.3 Å². The van der Waals surface area contributed by atoms with Gasteiger partial charge in [0.2, 0.25) is 21.1 Å². The summed E-state index contributed by atoms with van der Waals surface area (Å²) < 4.78 is 59.5. The summed E-state index contributed by atoms with van der Waals surface area (Å²) in [4.78, 5) is 17.8. The molecule has 0 spiro atoms. The predicted octanol–water partition coefficient (Wildman–Crippen LogP) is 2.76. The van der Waals surface area contributed by atoms with E-state index in [1.54, 1.807) is 16.8 Å². The Morgan fingerprint density at radius 2 is 1.86 bits per heavy atom. The van der Waals surface area contributed by atoms with Crippen molar-refractivity contribution in [3.8, 4) is 11.2 Å². The van der Waals surface area contributed by atoms with Gasteiger partial charge in [0, 0.05) is 51.0 Å². The third-order valence-corrected chi connectivity index (χ3v) is 10.0. The first-order valence-electron chi connectivity index (χ1n) is 13.0. The van der Waals surface area contributed by atoms with Crippen LogP contribution in [0.15, 0.2) is 41.8 Å². The fourth-order valence-electron chi connectivity index (χ4n) is 5.26. The molecular weight excluding hydrogens is 588 g/mol. The lowest BCUT2D eigenvalue weighted by Gasteiger charge is -2.36. The SMILES string of the molecule is Cn1ccnc1N1CCN(c2ncnc3c2c2ccc(S(=O)(=O)NC4(C#N)CC4)cc2n3-c2nnc(C(F)F)s2)CC1. The summed E-state index contributed by atoms with van der Waals surface area (Å²) >= 11 is 0.700. The molecule has 4 aromatic heterocycles. The van der Waals surface area contributed by atoms with E-state index in [1.165, 1.54) is 18.5 Å². The maximum atomic E-state index is 13.5. The normalized spacial score (nSPS) is 16.9. The van der Waals surface area contributed by atoms with Gasteiger partial charge in [-0.1, -0.05) is 17.4 Å². The van der Waals surface area contributed by atoms with Crippen LogP contribution in [0.5, 0.6) is 0 Å². The van der Waals surface area contributed by atoms with E-state index in [9.17, 15) is 22.5 Å². The van der Waals surface area contributed by atoms with Gasteiger partial charge >= 0.3 is 0 Å². The molecule has 2 aliphatic rings. The van der Waals surface area contributed by atoms with Gasteiger partial charge in [0.05, 0.1) is 21.9 Å². The molecule has 5 aromatic rings. The molecule has 7 rings (SSSR count). The zero-order chi connectivity index (χ0) is 29.2. The Balaban J connectivity index is 1.36. The highest BCUT2D eigenvalue weighted by Gasteiger charge is 2.47. The molecule has 1 saturated carbocycles. The molecule has 42 heavy (non-hydrogen) atoms. The number of aromatic nitrogens is 7. The molecule has 5 heterocycles. The molecule has 13 nitrogen and oxygen atoms in total. The molecule has 0 unspecified atom stereocenters. The third kappa shape index (κ3) is 4.33. The average Bonchev–Trinajstić information content (AvgIpc) is 3.30. The Kier molecular flexibility index (Phi) is 6.11. The molecule has 17 heteroatoms. The maximum Gasteiger partial charge on any atom is 0.291 e. The maximum absolute atomic E-state index is 13.5. The number of nitrogens with zero attached hydrogens (tertiary/aromatic N) is 10. The van der Waals surface area contributed by atoms with E-state index >= 15 is 0 Å². The summed E-state index contributed by atoms with van der Waals surface area (Å²) in [5.41, 5.74) is -0.335. The summed E-state index contributed by atoms with van der Waals surface area (Å²) in [5, 5.41) is 18.0. The van der Waals surface area contributed by atoms with E-state index in [-0.39, 0.29) is 10.0 Å². The number of piperazine rings is 1. The Hall–Kier alpha value is -4.27. The van der Waals surface area contributed by atoms with E-state index in [4.69, 9.17) is 0 Å². The fourth-order valence-corrected chi connectivity index (χ4v) is 7.38. The number of halogens is 2. The lowest BCUT2D eigenvalue weighted by Crippen LogP contribution is -2.47. The number of rotatable bonds is 7. The van der Waals surface area contributed by atoms with Gasteiger partial charge < -0.3 is 14.4 Å². The Morgan fingerprint density at radius 1 is 1.10 bits per heavy atom. The number of anilines is 2. The molecule has 2 fully saturated rings. The van der Waals surface area contributed by atoms with Gasteiger partial charge in [-0.15, -0.1) is 10.2 Å². The van der Waals surface area contributed by atoms with Crippen molar-refractivity contribution in [1.82, 2.24) is 39.0 Å². The summed E-state index contributed by atoms with van der Waals surface area (Å²) in [6, 6.07) is 6.59. The molecule has 1 saturated heterocycles. The number of hydrogen-bond donors (Lipinski definition) is 1. The minimum atomic E-state index is -4.06. The molecule has 216 valence electrons. The van der Waals surface area contributed by atoms with Gasteiger partial charge in [-0.05, 0) is 25.0 Å². The Labute approximate surface area is 242 Å². The van der Waals surface area contributed by atoms with Crippen LogP contribution in [0.25, 0.3) is 27.1 Å². The quantitative estimate of drug-likeness (QED) is 0.291. The van der Waals surface area contributed by atoms with E-state index in [0.29, 0.717) is 78.1 Å². The van der Waals surface area contributed by atoms with Crippen molar-refractivity contribution in [2.45, 2.75) is 29.7 Å². The second-order valence-corrected chi connectivity index (χ2v) is 12.9. The van der Waals surface area contributed by atoms with E-state index < -0.39 is 27.0 Å². The number of sulfonamides is 1. The molecule has 0 atom stereocenters. The Bertz CT molecular complexity index is 1980. The second kappa shape index (κ2) is 9.64. The molecule has 1 aromatic carbocycles. The highest BCUT2D eigenvalue weighted by atomic mass is 32.2. The van der Waals surface area contributed by atoms with Crippen molar-refractivity contribution in [2.75, 3.05) is 36.0 Å². The number of nitrogens with one attached hydrogen (secondary N) is 1. The number of fused-ring (bicyclic) bond motifs is 3. The highest BCUT2D eigenvalue weighted by molar-refractivity contribution is 7.89. The molecule has 1 aliphatic heterocycles. The molecule has 1 N–H and O–H groups in total. The summed E-state index contributed by atoms with van der Waals surface area (Å²) in [7, 11) is -2.12. The number of nitriles is 1. The number of alkyl halides is 2. The van der Waals surface area contributed by atoms with Crippen molar-refractivity contribution >= 4 is 55.1 Å². The third-order valence-electron chi connectivity index (χ3n) is 7.57. The van der Waals surface area contributed by atoms with Crippen LogP contribution in [0, 0.1) is 11.3 Å². The van der Waals surface area contributed by atoms with Gasteiger partial charge in [0.1, 0.15) is 17.7 Å². The van der Waals surface area contributed by atoms with Gasteiger partial charge in [-0.2, -0.15) is 9.98 Å². The second-order valence-electron chi connectivity index (χ2n) is 10.2. The van der Waals surface area contributed by atoms with Gasteiger partial charge in [0.25, 0.3) is 6.43 Å². The van der Waals surface area contributed by atoms with Crippen molar-refractivity contribution in [3.05, 3.63) is 41.9 Å². The largest absolute Gasteiger partial charge is 0.352 e. The number of aryl methyl sites for hydroxylation is 1. The van der Waals surface area contributed by atoms with Crippen LogP contribution in [0.4, 0.5) is 20.5 Å². The zero-order valence-electron chi connectivity index (χ0n) is 22.1. The Morgan fingerprint density at radius 3 is 2.50 bits per heavy atom. The monoisotopic (exact) mass is 611 g/mol. The molecule has 1 aliphatic carbocycles. The molecule has 0 radical (unpaired) electrons. The first-order chi connectivity index (χ1) is 20.2. The van der Waals surface area contributed by atoms with Crippen LogP contribution < -0.4 is 14.5 Å². The molecule has 0 bridgehead atoms. The van der Waals surface area contributed by atoms with E-state index in [1.807, 2.05) is 23.9 Å². The lowest BCUT2D eigenvalue weighted by molar-refractivity contribution is 0.150. The molecular formula is C25H23F2N11O2S2. The average molecular weight is 612 g/mol. The van der Waals surface area contributed by atoms with Crippen LogP contribution in [-0.2, 0) is 17.1 Å². The van der Waals surface area contributed by atoms with Crippen molar-refractivity contribution in [3.63, 3.8) is 0 Å². The van der Waals surface area contributed by atoms with Crippen LogP contribution in [0.2, 0.25) is 0 Å². The number of hydrogen-bond acceptors (Lipinski definition) is 11. The van der Waals surface area contributed by atoms with E-state index in [0.717, 1.165) is 5.95 Å². The summed E-state index contributed by atoms with van der Waals surface area (Å²) in [6.45, 7) is 2.65. The van der Waals surface area contributed by atoms with Gasteiger partial charge in [0.15, 0.2) is 10.7 Å². The minimum absolute atomic E-state index is 0.0719. The van der Waals surface area contributed by atoms with Gasteiger partial charge in [-0.25, -0.2) is 32.2 Å². The lowest BCUT2D eigenvalue weighted by atomic mass is 10.2. The predicted molar refractivity (Wildman–Crippen MR) is 150 cm³/mol. The van der Waals surface area contributed by atoms with E-state index in [2.05, 4.69) is 39.7 Å². The zero-order valence-corrected chi connectivity index (χ0v) is 23.8. The van der Waals surface area contributed by atoms with Gasteiger partial charge in [-0.3, -0.25) is 4.57 Å². The summed E-state index contributed by atoms with van der Waals surface area (Å²) in [5.74, 6) is 1.51. The first kappa shape index (κ1) is 26.6. The van der Waals surface area contributed by atoms with Crippen molar-refractivity contribution < 1.29 is 17.2 Å². The molecule has 0 amide bonds. The van der Waals surface area contributed by atoms with Crippen molar-refractivity contribution in [1.29, 1.82) is 5.26 Å². The standard InChI is InChI=1S/C25H23F2N11O2S2/c1-35-7-6-29-23(35)37-10-8-36(9-11-37)20-18-16-3-2-15(42(39,40)34-25(13-28)4-5-25)12-17(16)38(21(18)31-14-30-20)24-33-32-22(41-24)19(26)27/h2-3,6-7,12,14,19,34H,4-5,8-11H2,1H3. The summed E-state index contributed by atoms with van der Waals surface area (Å²) in [6.07, 6.45) is 3.09.